The molecule has 5 heterocycles. The first kappa shape index (κ1) is 102. The third-order valence-electron chi connectivity index (χ3n) is 23.1. The molecule has 15 aromatic carbocycles. The molecule has 0 spiro atoms. The second-order valence-electron chi connectivity index (χ2n) is 34.2. The van der Waals surface area contributed by atoms with Crippen molar-refractivity contribution < 1.29 is 27.9 Å². The number of carbonyl (C=O) groups excluding carboxylic acids is 2. The van der Waals surface area contributed by atoms with Gasteiger partial charge < -0.3 is 21.5 Å². The van der Waals surface area contributed by atoms with Gasteiger partial charge in [-0.25, -0.2) is 38.1 Å². The van der Waals surface area contributed by atoms with Crippen LogP contribution in [-0.2, 0) is 19.6 Å². The number of hydrogen-bond donors (Lipinski definition) is 5. The number of aryl methyl sites for hydroxylation is 2. The van der Waals surface area contributed by atoms with E-state index in [2.05, 4.69) is 72.6 Å². The van der Waals surface area contributed by atoms with Crippen LogP contribution in [0.15, 0.2) is 388 Å². The standard InChI is InChI=1S/2C25H18N4O2.C24H18N4O3S.C24H18N2O3.C23H19N3O/c2*1-17(30)27-20-5-4-6-21(15-20)29-24(14-13-18-9-11-19(16-26)12-10-18)28-23-8-3-2-7-22(23)25(29)31;1-32(30,31)27-19-5-4-6-20(15-19)28-23(14-13-17-9-11-18(16-25)12-10-17)26-22-8-3-2-7-21(22)24(28)29;1-16-9-11-17(12-10-16)13-14-22-25-21-8-3-2-7-20(21)23(27)26(22)19-6-4-5-18(15-19)24(28)29;1-16-9-11-17(12-10-16)13-14-22-25-21-8-3-2-7-20(21)23(27)26(22)19-6-4-5-18(24)15-19/h2*2-15H,1H3,(H,27,30);2-15,27H,1H3;2-15H,1H3,(H,28,29);2-15H,24H2,1H3/b5*14-13+. The summed E-state index contributed by atoms with van der Waals surface area (Å²) in [6.07, 6.45) is 19.3. The number of aromatic carboxylic acids is 1. The van der Waals surface area contributed by atoms with Crippen molar-refractivity contribution in [2.24, 2.45) is 0 Å². The first-order valence-electron chi connectivity index (χ1n) is 46.8. The Morgan fingerprint density at radius 1 is 0.307 bits per heavy atom. The van der Waals surface area contributed by atoms with E-state index in [9.17, 15) is 51.9 Å². The molecule has 29 heteroatoms. The average Bonchev–Trinajstić information content (AvgIpc) is 0.765. The van der Waals surface area contributed by atoms with Crippen molar-refractivity contribution in [3.05, 3.63) is 506 Å². The Hall–Kier alpha value is -20.9. The molecule has 20 aromatic rings. The number of nitrogens with one attached hydrogen (secondary N) is 3. The van der Waals surface area contributed by atoms with Gasteiger partial charge in [-0.3, -0.25) is 61.1 Å². The predicted molar refractivity (Wildman–Crippen MR) is 596 cm³/mol. The van der Waals surface area contributed by atoms with Crippen molar-refractivity contribution in [1.82, 2.24) is 47.8 Å². The molecular weight excluding hydrogens is 1900 g/mol. The zero-order chi connectivity index (χ0) is 105. The van der Waals surface area contributed by atoms with Gasteiger partial charge in [-0.2, -0.15) is 15.8 Å². The average molecular weight is 1990 g/mol. The largest absolute Gasteiger partial charge is 0.478 e. The fraction of sp³-hybridized carbons (Fsp3) is 0.0413. The fourth-order valence-corrected chi connectivity index (χ4v) is 16.5. The Morgan fingerprint density at radius 3 is 0.807 bits per heavy atom. The molecule has 0 aliphatic carbocycles. The zero-order valence-electron chi connectivity index (χ0n) is 81.2. The number of amides is 2. The lowest BCUT2D eigenvalue weighted by molar-refractivity contribution is -0.115. The van der Waals surface area contributed by atoms with Crippen LogP contribution in [0.5, 0.6) is 0 Å². The van der Waals surface area contributed by atoms with E-state index in [0.29, 0.717) is 152 Å². The van der Waals surface area contributed by atoms with Crippen LogP contribution in [0.1, 0.15) is 109 Å². The summed E-state index contributed by atoms with van der Waals surface area (Å²) >= 11 is 0. The van der Waals surface area contributed by atoms with Gasteiger partial charge in [0, 0.05) is 30.9 Å². The maximum Gasteiger partial charge on any atom is 0.335 e. The molecule has 6 N–H and O–H groups in total. The number of nitriles is 3. The molecule has 2 amide bonds. The predicted octanol–water partition coefficient (Wildman–Crippen LogP) is 21.6. The smallest absolute Gasteiger partial charge is 0.335 e. The van der Waals surface area contributed by atoms with E-state index in [1.807, 2.05) is 153 Å². The van der Waals surface area contributed by atoms with Crippen LogP contribution in [0.4, 0.5) is 22.7 Å². The highest BCUT2D eigenvalue weighted by atomic mass is 32.2. The number of anilines is 4. The molecule has 0 radical (unpaired) electrons. The monoisotopic (exact) mass is 1990 g/mol. The van der Waals surface area contributed by atoms with Crippen LogP contribution in [0.3, 0.4) is 0 Å². The lowest BCUT2D eigenvalue weighted by atomic mass is 10.1. The van der Waals surface area contributed by atoms with Gasteiger partial charge in [0.25, 0.3) is 27.8 Å². The summed E-state index contributed by atoms with van der Waals surface area (Å²) in [5.74, 6) is 0.840. The minimum Gasteiger partial charge on any atom is -0.478 e. The highest BCUT2D eigenvalue weighted by molar-refractivity contribution is 7.92. The van der Waals surface area contributed by atoms with Gasteiger partial charge in [0.1, 0.15) is 29.1 Å². The van der Waals surface area contributed by atoms with Crippen molar-refractivity contribution in [3.63, 3.8) is 0 Å². The van der Waals surface area contributed by atoms with Crippen LogP contribution in [-0.4, -0.2) is 85.3 Å². The molecule has 732 valence electrons. The van der Waals surface area contributed by atoms with E-state index in [0.717, 1.165) is 39.6 Å². The van der Waals surface area contributed by atoms with Gasteiger partial charge in [-0.15, -0.1) is 0 Å². The number of nitrogen functional groups attached to an aromatic ring is 1. The number of carbonyl (C=O) groups is 3. The van der Waals surface area contributed by atoms with Crippen molar-refractivity contribution in [2.75, 3.05) is 27.3 Å². The van der Waals surface area contributed by atoms with Crippen LogP contribution in [0.25, 0.3) is 144 Å². The van der Waals surface area contributed by atoms with E-state index < -0.39 is 16.0 Å². The van der Waals surface area contributed by atoms with E-state index in [4.69, 9.17) is 26.5 Å². The Kier molecular flexibility index (Phi) is 31.9. The molecule has 0 bridgehead atoms. The fourth-order valence-electron chi connectivity index (χ4n) is 16.0. The summed E-state index contributed by atoms with van der Waals surface area (Å²) in [7, 11) is -3.47. The van der Waals surface area contributed by atoms with Crippen LogP contribution < -0.4 is 48.9 Å². The molecule has 0 aliphatic heterocycles. The molecule has 0 atom stereocenters. The van der Waals surface area contributed by atoms with Crippen molar-refractivity contribution >= 4 is 166 Å². The van der Waals surface area contributed by atoms with Crippen molar-refractivity contribution in [2.45, 2.75) is 27.7 Å². The molecule has 150 heavy (non-hydrogen) atoms. The lowest BCUT2D eigenvalue weighted by Crippen LogP contribution is -2.22. The van der Waals surface area contributed by atoms with Gasteiger partial charge in [-0.05, 0) is 260 Å². The van der Waals surface area contributed by atoms with E-state index in [-0.39, 0.29) is 45.2 Å². The highest BCUT2D eigenvalue weighted by Gasteiger charge is 2.20. The summed E-state index contributed by atoms with van der Waals surface area (Å²) in [6.45, 7) is 6.94. The molecule has 0 unspecified atom stereocenters. The number of benzene rings is 15. The molecule has 5 aromatic heterocycles. The number of para-hydroxylation sites is 5. The van der Waals surface area contributed by atoms with Crippen LogP contribution in [0, 0.1) is 47.8 Å². The molecule has 0 saturated carbocycles. The van der Waals surface area contributed by atoms with Gasteiger partial charge in [0.15, 0.2) is 0 Å². The van der Waals surface area contributed by atoms with E-state index >= 15 is 0 Å². The van der Waals surface area contributed by atoms with Crippen LogP contribution in [0.2, 0.25) is 0 Å². The maximum absolute atomic E-state index is 13.4. The highest BCUT2D eigenvalue weighted by Crippen LogP contribution is 2.28. The number of fused-ring (bicyclic) bond motifs is 5. The molecule has 20 rings (SSSR count). The molecule has 28 nitrogen and oxygen atoms in total. The molecular formula is C121H91N17O11S. The first-order chi connectivity index (χ1) is 72.6. The number of rotatable bonds is 20. The second-order valence-corrected chi connectivity index (χ2v) is 35.9. The Labute approximate surface area is 859 Å². The topological polar surface area (TPSA) is 414 Å². The molecule has 0 aliphatic rings. The quantitative estimate of drug-likeness (QED) is 0.0442. The Morgan fingerprint density at radius 2 is 0.547 bits per heavy atom. The number of hydrogen-bond acceptors (Lipinski definition) is 19. The van der Waals surface area contributed by atoms with Gasteiger partial charge in [-0.1, -0.05) is 217 Å². The first-order valence-corrected chi connectivity index (χ1v) is 48.6. The third kappa shape index (κ3) is 25.4. The number of nitrogens with zero attached hydrogens (tertiary/aromatic N) is 13. The number of carboxylic acids is 1. The summed E-state index contributed by atoms with van der Waals surface area (Å²) in [5, 5.41) is 44.2. The zero-order valence-corrected chi connectivity index (χ0v) is 82.1. The van der Waals surface area contributed by atoms with Gasteiger partial charge in [0.05, 0.1) is 135 Å². The van der Waals surface area contributed by atoms with Crippen molar-refractivity contribution in [1.29, 1.82) is 15.8 Å². The lowest BCUT2D eigenvalue weighted by Gasteiger charge is -2.13. The van der Waals surface area contributed by atoms with E-state index in [1.165, 1.54) is 49.8 Å². The third-order valence-corrected chi connectivity index (χ3v) is 23.7. The number of nitrogens with two attached hydrogens (primary N) is 1. The summed E-state index contributed by atoms with van der Waals surface area (Å²) < 4.78 is 33.2. The normalized spacial score (nSPS) is 11.1. The number of aromatic nitrogens is 10. The molecule has 0 saturated heterocycles. The Bertz CT molecular complexity index is 9160. The minimum atomic E-state index is -3.47. The number of carboxylic acid groups (broad SMARTS) is 1. The van der Waals surface area contributed by atoms with Crippen LogP contribution >= 0.6 is 0 Å². The summed E-state index contributed by atoms with van der Waals surface area (Å²) in [5.41, 5.74) is 21.6. The summed E-state index contributed by atoms with van der Waals surface area (Å²) in [4.78, 5) is 124. The summed E-state index contributed by atoms with van der Waals surface area (Å²) in [6, 6.07) is 114. The Balaban J connectivity index is 0.000000134. The maximum atomic E-state index is 13.4. The molecule has 0 fully saturated rings. The minimum absolute atomic E-state index is 0.107. The second kappa shape index (κ2) is 46.9. The van der Waals surface area contributed by atoms with Crippen molar-refractivity contribution in [3.8, 4) is 46.6 Å². The SMILES string of the molecule is CC(=O)Nc1cccc(-n2c(/C=C/c3ccc(C#N)cc3)nc3ccccc3c2=O)c1.CC(=O)Nc1cccc(-n2c(/C=C/c3ccc(C#N)cc3)nc3ccccc3c2=O)c1.CS(=O)(=O)Nc1cccc(-n2c(/C=C/c3ccc(C#N)cc3)nc3ccccc3c2=O)c1.Cc1ccc(/C=C/c2nc3ccccc3c(=O)n2-c2cccc(C(=O)O)c2)cc1.Cc1ccc(/C=C/c2nc3ccccc3c(=O)n2-c2cccc(N)c2)cc1. The van der Waals surface area contributed by atoms with Gasteiger partial charge in [0.2, 0.25) is 21.8 Å². The van der Waals surface area contributed by atoms with Gasteiger partial charge >= 0.3 is 5.97 Å². The number of sulfonamides is 1. The van der Waals surface area contributed by atoms with E-state index in [1.54, 1.807) is 259 Å².